The van der Waals surface area contributed by atoms with Gasteiger partial charge in [-0.3, -0.25) is 4.79 Å². The molecule has 0 aromatic heterocycles. The second-order valence-corrected chi connectivity index (χ2v) is 4.81. The maximum absolute atomic E-state index is 12.3. The summed E-state index contributed by atoms with van der Waals surface area (Å²) in [6, 6.07) is 9.54. The molecule has 1 unspecified atom stereocenters. The van der Waals surface area contributed by atoms with E-state index in [2.05, 4.69) is 5.32 Å². The van der Waals surface area contributed by atoms with Gasteiger partial charge >= 0.3 is 0 Å². The van der Waals surface area contributed by atoms with Crippen LogP contribution in [0.4, 0.5) is 0 Å². The molecule has 1 amide bonds. The third-order valence-electron chi connectivity index (χ3n) is 3.60. The van der Waals surface area contributed by atoms with Gasteiger partial charge in [-0.05, 0) is 18.4 Å². The number of aliphatic hydroxyl groups is 2. The Balaban J connectivity index is 2.86. The van der Waals surface area contributed by atoms with Crippen molar-refractivity contribution in [3.63, 3.8) is 0 Å². The highest BCUT2D eigenvalue weighted by Crippen LogP contribution is 2.21. The van der Waals surface area contributed by atoms with Crippen LogP contribution in [-0.4, -0.2) is 34.9 Å². The van der Waals surface area contributed by atoms with Crippen molar-refractivity contribution in [1.82, 2.24) is 5.32 Å². The zero-order valence-electron chi connectivity index (χ0n) is 11.6. The van der Waals surface area contributed by atoms with Gasteiger partial charge < -0.3 is 15.5 Å². The number of amides is 1. The molecule has 0 aliphatic rings. The number of rotatable bonds is 7. The maximum Gasteiger partial charge on any atom is 0.228 e. The zero-order valence-corrected chi connectivity index (χ0v) is 11.6. The van der Waals surface area contributed by atoms with E-state index < -0.39 is 5.54 Å². The first kappa shape index (κ1) is 15.7. The van der Waals surface area contributed by atoms with E-state index in [1.165, 1.54) is 0 Å². The summed E-state index contributed by atoms with van der Waals surface area (Å²) in [6.07, 6.45) is 1.16. The van der Waals surface area contributed by atoms with Crippen LogP contribution in [-0.2, 0) is 4.79 Å². The number of nitrogens with one attached hydrogen (secondary N) is 1. The minimum Gasteiger partial charge on any atom is -0.394 e. The molecular formula is C15H23NO3. The summed E-state index contributed by atoms with van der Waals surface area (Å²) >= 11 is 0. The number of hydrogen-bond acceptors (Lipinski definition) is 3. The average Bonchev–Trinajstić information content (AvgIpc) is 2.47. The van der Waals surface area contributed by atoms with Gasteiger partial charge in [-0.1, -0.05) is 44.2 Å². The van der Waals surface area contributed by atoms with Crippen LogP contribution in [0, 0.1) is 0 Å². The van der Waals surface area contributed by atoms with Gasteiger partial charge in [0.05, 0.1) is 24.7 Å². The molecule has 19 heavy (non-hydrogen) atoms. The fourth-order valence-corrected chi connectivity index (χ4v) is 2.05. The minimum absolute atomic E-state index is 0.154. The average molecular weight is 265 g/mol. The van der Waals surface area contributed by atoms with Crippen molar-refractivity contribution in [3.05, 3.63) is 35.9 Å². The highest BCUT2D eigenvalue weighted by atomic mass is 16.3. The van der Waals surface area contributed by atoms with Gasteiger partial charge in [-0.15, -0.1) is 0 Å². The van der Waals surface area contributed by atoms with Crippen LogP contribution < -0.4 is 5.32 Å². The Hall–Kier alpha value is -1.39. The SMILES string of the molecule is CCC(C(=O)NC(CC)(CO)CO)c1ccccc1. The van der Waals surface area contributed by atoms with Crippen LogP contribution in [0.2, 0.25) is 0 Å². The smallest absolute Gasteiger partial charge is 0.228 e. The van der Waals surface area contributed by atoms with E-state index >= 15 is 0 Å². The van der Waals surface area contributed by atoms with E-state index in [0.717, 1.165) is 5.56 Å². The molecule has 1 aromatic carbocycles. The van der Waals surface area contributed by atoms with Crippen molar-refractivity contribution in [2.24, 2.45) is 0 Å². The Morgan fingerprint density at radius 1 is 1.21 bits per heavy atom. The molecule has 0 saturated carbocycles. The zero-order chi connectivity index (χ0) is 14.3. The maximum atomic E-state index is 12.3. The third kappa shape index (κ3) is 3.78. The Labute approximate surface area is 114 Å². The van der Waals surface area contributed by atoms with Crippen LogP contribution >= 0.6 is 0 Å². The predicted octanol–water partition coefficient (Wildman–Crippen LogP) is 1.43. The van der Waals surface area contributed by atoms with Gasteiger partial charge in [0.25, 0.3) is 0 Å². The molecule has 0 radical (unpaired) electrons. The van der Waals surface area contributed by atoms with E-state index in [1.807, 2.05) is 44.2 Å². The topological polar surface area (TPSA) is 69.6 Å². The lowest BCUT2D eigenvalue weighted by atomic mass is 9.92. The van der Waals surface area contributed by atoms with Crippen LogP contribution in [0.3, 0.4) is 0 Å². The molecule has 0 saturated heterocycles. The molecule has 4 nitrogen and oxygen atoms in total. The molecule has 0 aliphatic heterocycles. The summed E-state index contributed by atoms with van der Waals surface area (Å²) in [4.78, 5) is 12.3. The number of carbonyl (C=O) groups excluding carboxylic acids is 1. The predicted molar refractivity (Wildman–Crippen MR) is 74.8 cm³/mol. The normalized spacial score (nSPS) is 13.1. The highest BCUT2D eigenvalue weighted by molar-refractivity contribution is 5.84. The number of carbonyl (C=O) groups is 1. The van der Waals surface area contributed by atoms with Crippen molar-refractivity contribution in [2.75, 3.05) is 13.2 Å². The molecule has 4 heteroatoms. The Morgan fingerprint density at radius 2 is 1.79 bits per heavy atom. The summed E-state index contributed by atoms with van der Waals surface area (Å²) in [7, 11) is 0. The summed E-state index contributed by atoms with van der Waals surface area (Å²) in [5, 5.41) is 21.5. The van der Waals surface area contributed by atoms with Crippen molar-refractivity contribution < 1.29 is 15.0 Å². The second-order valence-electron chi connectivity index (χ2n) is 4.81. The molecular weight excluding hydrogens is 242 g/mol. The molecule has 1 rings (SSSR count). The monoisotopic (exact) mass is 265 g/mol. The molecule has 3 N–H and O–H groups in total. The molecule has 0 spiro atoms. The Morgan fingerprint density at radius 3 is 2.21 bits per heavy atom. The van der Waals surface area contributed by atoms with Crippen molar-refractivity contribution >= 4 is 5.91 Å². The molecule has 0 bridgehead atoms. The Kier molecular flexibility index (Phi) is 5.99. The van der Waals surface area contributed by atoms with Gasteiger partial charge in [0.15, 0.2) is 0 Å². The summed E-state index contributed by atoms with van der Waals surface area (Å²) in [5.74, 6) is -0.413. The minimum atomic E-state index is -0.931. The quantitative estimate of drug-likeness (QED) is 0.698. The van der Waals surface area contributed by atoms with Crippen molar-refractivity contribution in [1.29, 1.82) is 0 Å². The van der Waals surface area contributed by atoms with Crippen molar-refractivity contribution in [3.8, 4) is 0 Å². The number of benzene rings is 1. The lowest BCUT2D eigenvalue weighted by Gasteiger charge is -2.31. The Bertz CT molecular complexity index is 379. The second kappa shape index (κ2) is 7.26. The van der Waals surface area contributed by atoms with Crippen LogP contribution in [0.1, 0.15) is 38.2 Å². The molecule has 0 heterocycles. The standard InChI is InChI=1S/C15H23NO3/c1-3-13(12-8-6-5-7-9-12)14(19)16-15(4-2,10-17)11-18/h5-9,13,17-18H,3-4,10-11H2,1-2H3,(H,16,19). The van der Waals surface area contributed by atoms with E-state index in [-0.39, 0.29) is 25.0 Å². The van der Waals surface area contributed by atoms with Gasteiger partial charge in [0.1, 0.15) is 0 Å². The highest BCUT2D eigenvalue weighted by Gasteiger charge is 2.31. The fraction of sp³-hybridized carbons (Fsp3) is 0.533. The molecule has 1 atom stereocenters. The van der Waals surface area contributed by atoms with Gasteiger partial charge in [-0.25, -0.2) is 0 Å². The number of hydrogen-bond donors (Lipinski definition) is 3. The summed E-state index contributed by atoms with van der Waals surface area (Å²) < 4.78 is 0. The molecule has 106 valence electrons. The molecule has 0 aliphatic carbocycles. The van der Waals surface area contributed by atoms with Crippen LogP contribution in [0.15, 0.2) is 30.3 Å². The molecule has 0 fully saturated rings. The summed E-state index contributed by atoms with van der Waals surface area (Å²) in [6.45, 7) is 3.24. The third-order valence-corrected chi connectivity index (χ3v) is 3.60. The largest absolute Gasteiger partial charge is 0.394 e. The fourth-order valence-electron chi connectivity index (χ4n) is 2.05. The lowest BCUT2D eigenvalue weighted by Crippen LogP contribution is -2.54. The van der Waals surface area contributed by atoms with Crippen LogP contribution in [0.25, 0.3) is 0 Å². The van der Waals surface area contributed by atoms with E-state index in [0.29, 0.717) is 12.8 Å². The van der Waals surface area contributed by atoms with Crippen LogP contribution in [0.5, 0.6) is 0 Å². The van der Waals surface area contributed by atoms with Gasteiger partial charge in [-0.2, -0.15) is 0 Å². The van der Waals surface area contributed by atoms with Crippen molar-refractivity contribution in [2.45, 2.75) is 38.1 Å². The first-order chi connectivity index (χ1) is 9.12. The first-order valence-electron chi connectivity index (χ1n) is 6.71. The summed E-state index contributed by atoms with van der Waals surface area (Å²) in [5.41, 5.74) is 0.0163. The molecule has 1 aromatic rings. The van der Waals surface area contributed by atoms with Gasteiger partial charge in [0, 0.05) is 0 Å². The van der Waals surface area contributed by atoms with E-state index in [9.17, 15) is 15.0 Å². The first-order valence-corrected chi connectivity index (χ1v) is 6.71. The van der Waals surface area contributed by atoms with E-state index in [1.54, 1.807) is 0 Å². The number of aliphatic hydroxyl groups excluding tert-OH is 2. The van der Waals surface area contributed by atoms with E-state index in [4.69, 9.17) is 0 Å². The lowest BCUT2D eigenvalue weighted by molar-refractivity contribution is -0.126. The van der Waals surface area contributed by atoms with Gasteiger partial charge in [0.2, 0.25) is 5.91 Å².